The molecule has 5 heteroatoms. The van der Waals surface area contributed by atoms with Gasteiger partial charge < -0.3 is 9.47 Å². The van der Waals surface area contributed by atoms with Crippen LogP contribution < -0.4 is 4.74 Å². The van der Waals surface area contributed by atoms with E-state index in [-0.39, 0.29) is 24.1 Å². The van der Waals surface area contributed by atoms with Crippen molar-refractivity contribution in [1.82, 2.24) is 9.88 Å². The zero-order valence-corrected chi connectivity index (χ0v) is 19.3. The third-order valence-electron chi connectivity index (χ3n) is 7.48. The third-order valence-corrected chi connectivity index (χ3v) is 7.48. The van der Waals surface area contributed by atoms with Crippen LogP contribution in [0.4, 0.5) is 4.79 Å². The highest BCUT2D eigenvalue weighted by atomic mass is 16.6. The number of rotatable bonds is 4. The number of nitrogens with zero attached hydrogens (tertiary/aromatic N) is 2. The van der Waals surface area contributed by atoms with Gasteiger partial charge in [0.15, 0.2) is 0 Å². The van der Waals surface area contributed by atoms with Crippen LogP contribution >= 0.6 is 0 Å². The van der Waals surface area contributed by atoms with E-state index in [9.17, 15) is 4.79 Å². The number of pyridine rings is 1. The topological polar surface area (TPSA) is 51.7 Å². The van der Waals surface area contributed by atoms with Crippen LogP contribution in [0.15, 0.2) is 72.9 Å². The van der Waals surface area contributed by atoms with Crippen LogP contribution in [0.5, 0.6) is 5.75 Å². The molecule has 1 saturated heterocycles. The summed E-state index contributed by atoms with van der Waals surface area (Å²) < 4.78 is 11.3. The minimum absolute atomic E-state index is 0.0575. The van der Waals surface area contributed by atoms with Crippen molar-refractivity contribution in [2.24, 2.45) is 0 Å². The number of methoxy groups -OCH3 is 1. The summed E-state index contributed by atoms with van der Waals surface area (Å²) >= 11 is 0. The summed E-state index contributed by atoms with van der Waals surface area (Å²) in [7, 11) is 1.65. The maximum atomic E-state index is 13.4. The standard InChI is InChI=1S/C29H28N2O3/c1-33-22-13-14-28(30-17-22)19-15-20-7-6-8-21(16-19)31(20)29(32)34-18-27-25-11-4-2-9-23(25)24-10-3-5-12-26(24)27/h2-5,9-15,17,20-21,27H,6-8,16,18H2,1H3. The molecule has 1 aliphatic carbocycles. The van der Waals surface area contributed by atoms with E-state index in [0.717, 1.165) is 37.1 Å². The molecule has 2 atom stereocenters. The molecular formula is C29H28N2O3. The largest absolute Gasteiger partial charge is 0.495 e. The van der Waals surface area contributed by atoms with Gasteiger partial charge in [0.1, 0.15) is 12.4 Å². The molecule has 3 heterocycles. The number of carbonyl (C=O) groups excluding carboxylic acids is 1. The Balaban J connectivity index is 1.20. The second-order valence-corrected chi connectivity index (χ2v) is 9.34. The van der Waals surface area contributed by atoms with Crippen molar-refractivity contribution in [3.05, 3.63) is 89.8 Å². The van der Waals surface area contributed by atoms with E-state index >= 15 is 0 Å². The molecule has 1 fully saturated rings. The Morgan fingerprint density at radius 2 is 1.74 bits per heavy atom. The van der Waals surface area contributed by atoms with Crippen LogP contribution in [0.3, 0.4) is 0 Å². The lowest BCUT2D eigenvalue weighted by Gasteiger charge is -2.44. The first-order valence-electron chi connectivity index (χ1n) is 12.1. The minimum Gasteiger partial charge on any atom is -0.495 e. The van der Waals surface area contributed by atoms with Crippen molar-refractivity contribution in [2.75, 3.05) is 13.7 Å². The Morgan fingerprint density at radius 1 is 1.00 bits per heavy atom. The number of benzene rings is 2. The molecule has 6 rings (SSSR count). The van der Waals surface area contributed by atoms with Gasteiger partial charge in [-0.2, -0.15) is 0 Å². The lowest BCUT2D eigenvalue weighted by atomic mass is 9.84. The Hall–Kier alpha value is -3.60. The lowest BCUT2D eigenvalue weighted by Crippen LogP contribution is -2.51. The Bertz CT molecular complexity index is 1200. The summed E-state index contributed by atoms with van der Waals surface area (Å²) in [6, 6.07) is 21.0. The van der Waals surface area contributed by atoms with Crippen LogP contribution in [-0.2, 0) is 4.74 Å². The van der Waals surface area contributed by atoms with Gasteiger partial charge in [-0.1, -0.05) is 54.6 Å². The Morgan fingerprint density at radius 3 is 2.38 bits per heavy atom. The molecule has 3 aliphatic rings. The first-order chi connectivity index (χ1) is 16.7. The summed E-state index contributed by atoms with van der Waals surface area (Å²) in [4.78, 5) is 19.9. The Labute approximate surface area is 200 Å². The third kappa shape index (κ3) is 3.56. The van der Waals surface area contributed by atoms with Gasteiger partial charge >= 0.3 is 6.09 Å². The zero-order valence-electron chi connectivity index (χ0n) is 19.3. The van der Waals surface area contributed by atoms with Gasteiger partial charge in [0.2, 0.25) is 0 Å². The van der Waals surface area contributed by atoms with Crippen molar-refractivity contribution >= 4 is 11.7 Å². The van der Waals surface area contributed by atoms with Gasteiger partial charge in [-0.25, -0.2) is 4.79 Å². The molecule has 0 N–H and O–H groups in total. The van der Waals surface area contributed by atoms with Gasteiger partial charge in [-0.15, -0.1) is 0 Å². The number of ether oxygens (including phenoxy) is 2. The van der Waals surface area contributed by atoms with Crippen LogP contribution in [0.2, 0.25) is 0 Å². The number of fused-ring (bicyclic) bond motifs is 5. The average Bonchev–Trinajstić information content (AvgIpc) is 3.20. The monoisotopic (exact) mass is 452 g/mol. The van der Waals surface area contributed by atoms with Crippen molar-refractivity contribution in [1.29, 1.82) is 0 Å². The van der Waals surface area contributed by atoms with Gasteiger partial charge in [-0.05, 0) is 65.6 Å². The molecule has 1 aromatic heterocycles. The molecule has 0 spiro atoms. The van der Waals surface area contributed by atoms with Gasteiger partial charge in [0, 0.05) is 12.0 Å². The molecule has 34 heavy (non-hydrogen) atoms. The molecule has 2 aliphatic heterocycles. The lowest BCUT2D eigenvalue weighted by molar-refractivity contribution is 0.0538. The predicted octanol–water partition coefficient (Wildman–Crippen LogP) is 6.05. The molecule has 0 saturated carbocycles. The molecule has 2 aromatic carbocycles. The normalized spacial score (nSPS) is 20.9. The van der Waals surface area contributed by atoms with Crippen molar-refractivity contribution in [3.63, 3.8) is 0 Å². The number of carbonyl (C=O) groups is 1. The molecule has 0 radical (unpaired) electrons. The number of hydrogen-bond donors (Lipinski definition) is 0. The van der Waals surface area contributed by atoms with Crippen LogP contribution in [0.25, 0.3) is 16.7 Å². The van der Waals surface area contributed by atoms with Crippen LogP contribution in [-0.4, -0.2) is 41.8 Å². The van der Waals surface area contributed by atoms with Gasteiger partial charge in [-0.3, -0.25) is 9.88 Å². The number of aromatic nitrogens is 1. The molecule has 2 bridgehead atoms. The maximum Gasteiger partial charge on any atom is 0.410 e. The minimum atomic E-state index is -0.199. The fourth-order valence-electron chi connectivity index (χ4n) is 5.86. The van der Waals surface area contributed by atoms with E-state index < -0.39 is 0 Å². The first kappa shape index (κ1) is 21.0. The molecule has 172 valence electrons. The maximum absolute atomic E-state index is 13.4. The van der Waals surface area contributed by atoms with Crippen LogP contribution in [0.1, 0.15) is 48.4 Å². The number of hydrogen-bond acceptors (Lipinski definition) is 4. The molecule has 5 nitrogen and oxygen atoms in total. The van der Waals surface area contributed by atoms with Gasteiger partial charge in [0.25, 0.3) is 0 Å². The summed E-state index contributed by atoms with van der Waals surface area (Å²) in [5, 5.41) is 0. The average molecular weight is 453 g/mol. The van der Waals surface area contributed by atoms with E-state index in [4.69, 9.17) is 9.47 Å². The second kappa shape index (κ2) is 8.64. The highest BCUT2D eigenvalue weighted by Gasteiger charge is 2.39. The van der Waals surface area contributed by atoms with E-state index in [1.165, 1.54) is 27.8 Å². The zero-order chi connectivity index (χ0) is 23.1. The summed E-state index contributed by atoms with van der Waals surface area (Å²) in [6.45, 7) is 0.361. The van der Waals surface area contributed by atoms with Gasteiger partial charge in [0.05, 0.1) is 25.0 Å². The highest BCUT2D eigenvalue weighted by Crippen LogP contribution is 2.45. The van der Waals surface area contributed by atoms with Crippen molar-refractivity contribution < 1.29 is 14.3 Å². The van der Waals surface area contributed by atoms with Crippen molar-refractivity contribution in [3.8, 4) is 16.9 Å². The fourth-order valence-corrected chi connectivity index (χ4v) is 5.86. The van der Waals surface area contributed by atoms with E-state index in [1.807, 2.05) is 17.0 Å². The van der Waals surface area contributed by atoms with Crippen LogP contribution in [0, 0.1) is 0 Å². The van der Waals surface area contributed by atoms with E-state index in [0.29, 0.717) is 6.61 Å². The highest BCUT2D eigenvalue weighted by molar-refractivity contribution is 5.79. The second-order valence-electron chi connectivity index (χ2n) is 9.34. The summed E-state index contributed by atoms with van der Waals surface area (Å²) in [5.41, 5.74) is 7.14. The first-order valence-corrected chi connectivity index (χ1v) is 12.1. The van der Waals surface area contributed by atoms with Crippen molar-refractivity contribution in [2.45, 2.75) is 43.7 Å². The number of piperidine rings is 1. The molecule has 1 amide bonds. The molecular weight excluding hydrogens is 424 g/mol. The molecule has 3 aromatic rings. The molecule has 2 unspecified atom stereocenters. The smallest absolute Gasteiger partial charge is 0.410 e. The van der Waals surface area contributed by atoms with E-state index in [2.05, 4.69) is 59.6 Å². The SMILES string of the molecule is COc1ccc(C2=CC3CCCC(C2)N3C(=O)OCC2c3ccccc3-c3ccccc32)nc1. The van der Waals surface area contributed by atoms with E-state index in [1.54, 1.807) is 13.3 Å². The summed E-state index contributed by atoms with van der Waals surface area (Å²) in [6.07, 6.45) is 7.65. The summed E-state index contributed by atoms with van der Waals surface area (Å²) in [5.74, 6) is 0.830. The predicted molar refractivity (Wildman–Crippen MR) is 132 cm³/mol. The number of amides is 1. The fraction of sp³-hybridized carbons (Fsp3) is 0.310. The quantitative estimate of drug-likeness (QED) is 0.484. The Kier molecular flexibility index (Phi) is 5.33.